The number of hydrogen-bond acceptors (Lipinski definition) is 4. The van der Waals surface area contributed by atoms with E-state index in [9.17, 15) is 10.1 Å². The van der Waals surface area contributed by atoms with Crippen molar-refractivity contribution in [1.29, 1.82) is 0 Å². The Kier molecular flexibility index (Phi) is 4.42. The molecule has 0 amide bonds. The molecule has 0 spiro atoms. The number of nitrogens with zero attached hydrogens (tertiary/aromatic N) is 2. The predicted octanol–water partition coefficient (Wildman–Crippen LogP) is 3.78. The molecule has 0 atom stereocenters. The van der Waals surface area contributed by atoms with Crippen molar-refractivity contribution in [2.24, 2.45) is 0 Å². The first-order valence-electron chi connectivity index (χ1n) is 6.11. The minimum Gasteiger partial charge on any atom is -0.469 e. The largest absolute Gasteiger partial charge is 0.469 e. The number of halogens is 1. The maximum atomic E-state index is 10.9. The van der Waals surface area contributed by atoms with Crippen molar-refractivity contribution in [3.8, 4) is 0 Å². The Morgan fingerprint density at radius 3 is 2.70 bits per heavy atom. The molecule has 5 nitrogen and oxygen atoms in total. The summed E-state index contributed by atoms with van der Waals surface area (Å²) in [6, 6.07) is 6.80. The fourth-order valence-electron chi connectivity index (χ4n) is 2.03. The molecular weight excluding hydrogens is 280 g/mol. The third kappa shape index (κ3) is 3.37. The van der Waals surface area contributed by atoms with E-state index >= 15 is 0 Å². The van der Waals surface area contributed by atoms with E-state index < -0.39 is 4.92 Å². The number of rotatable bonds is 5. The van der Waals surface area contributed by atoms with Gasteiger partial charge in [-0.2, -0.15) is 0 Å². The van der Waals surface area contributed by atoms with Crippen LogP contribution in [-0.2, 0) is 13.1 Å². The van der Waals surface area contributed by atoms with Crippen LogP contribution in [0.3, 0.4) is 0 Å². The lowest BCUT2D eigenvalue weighted by Crippen LogP contribution is -2.17. The molecule has 0 bridgehead atoms. The van der Waals surface area contributed by atoms with Gasteiger partial charge >= 0.3 is 0 Å². The standard InChI is InChI=1S/C14H15ClN2O3/c1-10-12(5-6-20-10)9-16(2)8-11-3-4-13(15)14(7-11)17(18)19/h3-7H,8-9H2,1-2H3. The highest BCUT2D eigenvalue weighted by atomic mass is 35.5. The van der Waals surface area contributed by atoms with E-state index in [0.29, 0.717) is 6.54 Å². The lowest BCUT2D eigenvalue weighted by molar-refractivity contribution is -0.384. The predicted molar refractivity (Wildman–Crippen MR) is 76.7 cm³/mol. The molecule has 0 aliphatic heterocycles. The highest BCUT2D eigenvalue weighted by molar-refractivity contribution is 6.32. The van der Waals surface area contributed by atoms with Crippen LogP contribution >= 0.6 is 11.6 Å². The maximum absolute atomic E-state index is 10.9. The molecule has 6 heteroatoms. The Bertz CT molecular complexity index is 625. The van der Waals surface area contributed by atoms with Crippen LogP contribution in [-0.4, -0.2) is 16.9 Å². The zero-order valence-electron chi connectivity index (χ0n) is 11.3. The molecule has 2 aromatic rings. The van der Waals surface area contributed by atoms with E-state index in [1.54, 1.807) is 18.4 Å². The Morgan fingerprint density at radius 1 is 1.35 bits per heavy atom. The molecule has 0 unspecified atom stereocenters. The monoisotopic (exact) mass is 294 g/mol. The van der Waals surface area contributed by atoms with Crippen LogP contribution in [0, 0.1) is 17.0 Å². The fourth-order valence-corrected chi connectivity index (χ4v) is 2.22. The molecule has 1 aromatic carbocycles. The van der Waals surface area contributed by atoms with Crippen LogP contribution in [0.4, 0.5) is 5.69 Å². The Hall–Kier alpha value is -1.85. The van der Waals surface area contributed by atoms with Gasteiger partial charge in [-0.25, -0.2) is 0 Å². The molecule has 0 saturated carbocycles. The molecule has 0 aliphatic carbocycles. The van der Waals surface area contributed by atoms with Crippen molar-refractivity contribution in [2.45, 2.75) is 20.0 Å². The first-order valence-corrected chi connectivity index (χ1v) is 6.49. The van der Waals surface area contributed by atoms with Gasteiger partial charge in [-0.1, -0.05) is 17.7 Å². The third-order valence-electron chi connectivity index (χ3n) is 3.07. The highest BCUT2D eigenvalue weighted by Crippen LogP contribution is 2.25. The van der Waals surface area contributed by atoms with Crippen molar-refractivity contribution in [2.75, 3.05) is 7.05 Å². The van der Waals surface area contributed by atoms with Crippen LogP contribution in [0.2, 0.25) is 5.02 Å². The second kappa shape index (κ2) is 6.07. The summed E-state index contributed by atoms with van der Waals surface area (Å²) < 4.78 is 5.25. The summed E-state index contributed by atoms with van der Waals surface area (Å²) in [7, 11) is 1.95. The summed E-state index contributed by atoms with van der Waals surface area (Å²) in [6.07, 6.45) is 1.66. The first-order chi connectivity index (χ1) is 9.47. The number of nitro benzene ring substituents is 1. The van der Waals surface area contributed by atoms with Gasteiger partial charge in [0.2, 0.25) is 0 Å². The van der Waals surface area contributed by atoms with E-state index in [-0.39, 0.29) is 10.7 Å². The Labute approximate surface area is 121 Å². The minimum atomic E-state index is -0.466. The molecule has 0 saturated heterocycles. The van der Waals surface area contributed by atoms with Gasteiger partial charge in [0, 0.05) is 24.7 Å². The number of hydrogen-bond donors (Lipinski definition) is 0. The molecular formula is C14H15ClN2O3. The minimum absolute atomic E-state index is 0.0583. The normalized spacial score (nSPS) is 11.0. The summed E-state index contributed by atoms with van der Waals surface area (Å²) in [5, 5.41) is 11.0. The molecule has 2 rings (SSSR count). The van der Waals surface area contributed by atoms with Gasteiger partial charge in [0.15, 0.2) is 0 Å². The van der Waals surface area contributed by atoms with E-state index in [1.807, 2.05) is 20.0 Å². The summed E-state index contributed by atoms with van der Waals surface area (Å²) >= 11 is 5.80. The van der Waals surface area contributed by atoms with Crippen LogP contribution in [0.5, 0.6) is 0 Å². The quantitative estimate of drug-likeness (QED) is 0.622. The SMILES string of the molecule is Cc1occc1CN(C)Cc1ccc(Cl)c([N+](=O)[O-])c1. The average Bonchev–Trinajstić information content (AvgIpc) is 2.77. The molecule has 1 heterocycles. The summed E-state index contributed by atoms with van der Waals surface area (Å²) in [5.74, 6) is 0.888. The van der Waals surface area contributed by atoms with Crippen LogP contribution in [0.1, 0.15) is 16.9 Å². The number of aryl methyl sites for hydroxylation is 1. The molecule has 0 radical (unpaired) electrons. The summed E-state index contributed by atoms with van der Waals surface area (Å²) in [5.41, 5.74) is 1.90. The van der Waals surface area contributed by atoms with Crippen LogP contribution < -0.4 is 0 Å². The second-order valence-corrected chi connectivity index (χ2v) is 5.12. The highest BCUT2D eigenvalue weighted by Gasteiger charge is 2.14. The van der Waals surface area contributed by atoms with E-state index in [1.165, 1.54) is 6.07 Å². The van der Waals surface area contributed by atoms with Gasteiger partial charge in [0.05, 0.1) is 11.2 Å². The smallest absolute Gasteiger partial charge is 0.288 e. The molecule has 0 fully saturated rings. The maximum Gasteiger partial charge on any atom is 0.288 e. The molecule has 1 aromatic heterocycles. The average molecular weight is 295 g/mol. The van der Waals surface area contributed by atoms with Gasteiger partial charge in [0.25, 0.3) is 5.69 Å². The van der Waals surface area contributed by atoms with Crippen LogP contribution in [0.15, 0.2) is 34.9 Å². The second-order valence-electron chi connectivity index (χ2n) is 4.72. The molecule has 0 N–H and O–H groups in total. The Balaban J connectivity index is 2.08. The topological polar surface area (TPSA) is 59.5 Å². The van der Waals surface area contributed by atoms with Gasteiger partial charge in [-0.15, -0.1) is 0 Å². The van der Waals surface area contributed by atoms with Crippen molar-refractivity contribution in [3.05, 3.63) is 62.6 Å². The zero-order valence-corrected chi connectivity index (χ0v) is 12.1. The first kappa shape index (κ1) is 14.6. The van der Waals surface area contributed by atoms with Crippen molar-refractivity contribution in [3.63, 3.8) is 0 Å². The van der Waals surface area contributed by atoms with Gasteiger partial charge < -0.3 is 4.42 Å². The van der Waals surface area contributed by atoms with Crippen molar-refractivity contribution < 1.29 is 9.34 Å². The van der Waals surface area contributed by atoms with Gasteiger partial charge in [0.1, 0.15) is 10.8 Å². The third-order valence-corrected chi connectivity index (χ3v) is 3.39. The molecule has 20 heavy (non-hydrogen) atoms. The summed E-state index contributed by atoms with van der Waals surface area (Å²) in [6.45, 7) is 3.23. The molecule has 0 aliphatic rings. The van der Waals surface area contributed by atoms with Crippen LogP contribution in [0.25, 0.3) is 0 Å². The summed E-state index contributed by atoms with van der Waals surface area (Å²) in [4.78, 5) is 12.4. The zero-order chi connectivity index (χ0) is 14.7. The van der Waals surface area contributed by atoms with Gasteiger partial charge in [-0.3, -0.25) is 15.0 Å². The van der Waals surface area contributed by atoms with E-state index in [2.05, 4.69) is 4.90 Å². The number of nitro groups is 1. The lowest BCUT2D eigenvalue weighted by atomic mass is 10.1. The number of benzene rings is 1. The number of furan rings is 1. The van der Waals surface area contributed by atoms with Crippen molar-refractivity contribution >= 4 is 17.3 Å². The van der Waals surface area contributed by atoms with E-state index in [0.717, 1.165) is 23.4 Å². The van der Waals surface area contributed by atoms with Crippen molar-refractivity contribution in [1.82, 2.24) is 4.90 Å². The lowest BCUT2D eigenvalue weighted by Gasteiger charge is -2.16. The fraction of sp³-hybridized carbons (Fsp3) is 0.286. The van der Waals surface area contributed by atoms with E-state index in [4.69, 9.17) is 16.0 Å². The molecule has 106 valence electrons. The van der Waals surface area contributed by atoms with Gasteiger partial charge in [-0.05, 0) is 31.7 Å². The Morgan fingerprint density at radius 2 is 2.10 bits per heavy atom.